The number of nitrogens with zero attached hydrogens (tertiary/aromatic N) is 4. The number of piperazine rings is 1. The van der Waals surface area contributed by atoms with Crippen LogP contribution in [0.5, 0.6) is 0 Å². The topological polar surface area (TPSA) is 44.3 Å². The highest BCUT2D eigenvalue weighted by Crippen LogP contribution is 2.26. The van der Waals surface area contributed by atoms with E-state index in [-0.39, 0.29) is 0 Å². The molecule has 1 fully saturated rings. The Balaban J connectivity index is 2.03. The standard InChI is InChI=1S/C16H23N5/c1-4-17-16-18-14-8-6-5-7-13(14)15(19-16)21-10-9-20(3)12(2)11-21/h5-8,12H,4,9-11H2,1-3H3,(H,17,18,19). The molecule has 1 aliphatic rings. The van der Waals surface area contributed by atoms with Gasteiger partial charge in [-0.15, -0.1) is 0 Å². The van der Waals surface area contributed by atoms with Gasteiger partial charge in [-0.25, -0.2) is 4.98 Å². The van der Waals surface area contributed by atoms with Crippen LogP contribution < -0.4 is 10.2 Å². The highest BCUT2D eigenvalue weighted by atomic mass is 15.3. The first-order valence-electron chi connectivity index (χ1n) is 7.65. The van der Waals surface area contributed by atoms with Gasteiger partial charge in [-0.3, -0.25) is 0 Å². The van der Waals surface area contributed by atoms with Crippen molar-refractivity contribution in [2.45, 2.75) is 19.9 Å². The summed E-state index contributed by atoms with van der Waals surface area (Å²) < 4.78 is 0. The molecule has 0 spiro atoms. The second-order valence-electron chi connectivity index (χ2n) is 5.69. The molecule has 5 heteroatoms. The fraction of sp³-hybridized carbons (Fsp3) is 0.500. The molecule has 1 saturated heterocycles. The van der Waals surface area contributed by atoms with Crippen LogP contribution in [0.15, 0.2) is 24.3 Å². The Morgan fingerprint density at radius 3 is 2.81 bits per heavy atom. The molecule has 0 bridgehead atoms. The largest absolute Gasteiger partial charge is 0.354 e. The third-order valence-electron chi connectivity index (χ3n) is 4.18. The average molecular weight is 285 g/mol. The van der Waals surface area contributed by atoms with Crippen LogP contribution in [0.3, 0.4) is 0 Å². The first-order valence-corrected chi connectivity index (χ1v) is 7.65. The fourth-order valence-electron chi connectivity index (χ4n) is 2.78. The first kappa shape index (κ1) is 14.1. The van der Waals surface area contributed by atoms with Gasteiger partial charge in [0, 0.05) is 37.6 Å². The lowest BCUT2D eigenvalue weighted by molar-refractivity contribution is 0.233. The summed E-state index contributed by atoms with van der Waals surface area (Å²) in [5.41, 5.74) is 1.00. The second kappa shape index (κ2) is 5.85. The third-order valence-corrected chi connectivity index (χ3v) is 4.18. The number of likely N-dealkylation sites (N-methyl/N-ethyl adjacent to an activating group) is 1. The summed E-state index contributed by atoms with van der Waals surface area (Å²) in [5, 5.41) is 4.37. The Hall–Kier alpha value is -1.88. The molecule has 1 aromatic carbocycles. The van der Waals surface area contributed by atoms with Gasteiger partial charge in [0.1, 0.15) is 5.82 Å². The number of nitrogens with one attached hydrogen (secondary N) is 1. The number of rotatable bonds is 3. The van der Waals surface area contributed by atoms with E-state index in [1.165, 1.54) is 0 Å². The Morgan fingerprint density at radius 2 is 2.05 bits per heavy atom. The van der Waals surface area contributed by atoms with Crippen LogP contribution in [0, 0.1) is 0 Å². The van der Waals surface area contributed by atoms with E-state index in [4.69, 9.17) is 4.98 Å². The van der Waals surface area contributed by atoms with Crippen molar-refractivity contribution in [3.8, 4) is 0 Å². The summed E-state index contributed by atoms with van der Waals surface area (Å²) in [7, 11) is 2.18. The van der Waals surface area contributed by atoms with Gasteiger partial charge in [-0.2, -0.15) is 4.98 Å². The molecule has 0 amide bonds. The number of para-hydroxylation sites is 1. The predicted molar refractivity (Wildman–Crippen MR) is 88.0 cm³/mol. The van der Waals surface area contributed by atoms with Gasteiger partial charge in [0.25, 0.3) is 0 Å². The van der Waals surface area contributed by atoms with Gasteiger partial charge >= 0.3 is 0 Å². The number of hydrogen-bond donors (Lipinski definition) is 1. The molecular weight excluding hydrogens is 262 g/mol. The van der Waals surface area contributed by atoms with Crippen LogP contribution in [0.25, 0.3) is 10.9 Å². The van der Waals surface area contributed by atoms with E-state index in [0.29, 0.717) is 6.04 Å². The van der Waals surface area contributed by atoms with Crippen molar-refractivity contribution in [3.63, 3.8) is 0 Å². The van der Waals surface area contributed by atoms with Crippen LogP contribution in [0.1, 0.15) is 13.8 Å². The van der Waals surface area contributed by atoms with Crippen LogP contribution in [0.2, 0.25) is 0 Å². The van der Waals surface area contributed by atoms with Gasteiger partial charge in [0.15, 0.2) is 0 Å². The van der Waals surface area contributed by atoms with Crippen molar-refractivity contribution < 1.29 is 0 Å². The Kier molecular flexibility index (Phi) is 3.92. The van der Waals surface area contributed by atoms with Crippen molar-refractivity contribution in [2.24, 2.45) is 0 Å². The van der Waals surface area contributed by atoms with Crippen LogP contribution in [-0.4, -0.2) is 54.1 Å². The SMILES string of the molecule is CCNc1nc(N2CCN(C)C(C)C2)c2ccccc2n1. The molecule has 21 heavy (non-hydrogen) atoms. The smallest absolute Gasteiger partial charge is 0.225 e. The zero-order valence-corrected chi connectivity index (χ0v) is 13.0. The summed E-state index contributed by atoms with van der Waals surface area (Å²) in [6, 6.07) is 8.79. The molecule has 1 atom stereocenters. The van der Waals surface area contributed by atoms with Crippen molar-refractivity contribution in [1.82, 2.24) is 14.9 Å². The van der Waals surface area contributed by atoms with Gasteiger partial charge in [0.05, 0.1) is 5.52 Å². The lowest BCUT2D eigenvalue weighted by Crippen LogP contribution is -2.50. The normalized spacial score (nSPS) is 20.0. The fourth-order valence-corrected chi connectivity index (χ4v) is 2.78. The Bertz CT molecular complexity index is 627. The highest BCUT2D eigenvalue weighted by Gasteiger charge is 2.23. The molecule has 1 aromatic heterocycles. The number of aromatic nitrogens is 2. The molecule has 0 saturated carbocycles. The maximum absolute atomic E-state index is 4.76. The minimum Gasteiger partial charge on any atom is -0.354 e. The lowest BCUT2D eigenvalue weighted by atomic mass is 10.1. The van der Waals surface area contributed by atoms with Crippen molar-refractivity contribution >= 4 is 22.7 Å². The van der Waals surface area contributed by atoms with Crippen LogP contribution in [-0.2, 0) is 0 Å². The van der Waals surface area contributed by atoms with Crippen LogP contribution >= 0.6 is 0 Å². The van der Waals surface area contributed by atoms with Gasteiger partial charge < -0.3 is 15.1 Å². The van der Waals surface area contributed by atoms with Gasteiger partial charge in [0.2, 0.25) is 5.95 Å². The molecule has 1 N–H and O–H groups in total. The number of hydrogen-bond acceptors (Lipinski definition) is 5. The molecule has 5 nitrogen and oxygen atoms in total. The zero-order chi connectivity index (χ0) is 14.8. The summed E-state index contributed by atoms with van der Waals surface area (Å²) >= 11 is 0. The monoisotopic (exact) mass is 285 g/mol. The molecule has 0 radical (unpaired) electrons. The van der Waals surface area contributed by atoms with Gasteiger partial charge in [-0.05, 0) is 33.0 Å². The summed E-state index contributed by atoms with van der Waals surface area (Å²) in [4.78, 5) is 14.1. The Labute approximate surface area is 126 Å². The molecule has 2 heterocycles. The summed E-state index contributed by atoms with van der Waals surface area (Å²) in [5.74, 6) is 1.77. The van der Waals surface area contributed by atoms with Gasteiger partial charge in [-0.1, -0.05) is 12.1 Å². The van der Waals surface area contributed by atoms with Crippen LogP contribution in [0.4, 0.5) is 11.8 Å². The number of fused-ring (bicyclic) bond motifs is 1. The minimum absolute atomic E-state index is 0.537. The maximum Gasteiger partial charge on any atom is 0.225 e. The summed E-state index contributed by atoms with van der Waals surface area (Å²) in [6.07, 6.45) is 0. The summed E-state index contributed by atoms with van der Waals surface area (Å²) in [6.45, 7) is 8.24. The van der Waals surface area contributed by atoms with Crippen molar-refractivity contribution in [2.75, 3.05) is 43.4 Å². The number of benzene rings is 1. The molecular formula is C16H23N5. The molecule has 112 valence electrons. The maximum atomic E-state index is 4.76. The minimum atomic E-state index is 0.537. The van der Waals surface area contributed by atoms with E-state index < -0.39 is 0 Å². The zero-order valence-electron chi connectivity index (χ0n) is 13.0. The van der Waals surface area contributed by atoms with E-state index in [1.807, 2.05) is 6.07 Å². The molecule has 3 rings (SSSR count). The number of anilines is 2. The van der Waals surface area contributed by atoms with E-state index in [9.17, 15) is 0 Å². The third kappa shape index (κ3) is 2.78. The predicted octanol–water partition coefficient (Wildman–Crippen LogP) is 2.20. The second-order valence-corrected chi connectivity index (χ2v) is 5.69. The first-order chi connectivity index (χ1) is 10.2. The molecule has 1 unspecified atom stereocenters. The van der Waals surface area contributed by atoms with Crippen molar-refractivity contribution in [3.05, 3.63) is 24.3 Å². The van der Waals surface area contributed by atoms with E-state index in [2.05, 4.69) is 59.2 Å². The highest BCUT2D eigenvalue weighted by molar-refractivity contribution is 5.90. The molecule has 1 aliphatic heterocycles. The average Bonchev–Trinajstić information content (AvgIpc) is 2.50. The van der Waals surface area contributed by atoms with E-state index in [1.54, 1.807) is 0 Å². The Morgan fingerprint density at radius 1 is 1.24 bits per heavy atom. The molecule has 2 aromatic rings. The van der Waals surface area contributed by atoms with E-state index in [0.717, 1.165) is 48.8 Å². The van der Waals surface area contributed by atoms with E-state index >= 15 is 0 Å². The molecule has 0 aliphatic carbocycles. The lowest BCUT2D eigenvalue weighted by Gasteiger charge is -2.38. The van der Waals surface area contributed by atoms with Crippen molar-refractivity contribution in [1.29, 1.82) is 0 Å². The quantitative estimate of drug-likeness (QED) is 0.936.